The number of imide groups is 1. The first kappa shape index (κ1) is 17.2. The number of likely N-dealkylation sites (tertiary alicyclic amines) is 1. The number of halogens is 1. The summed E-state index contributed by atoms with van der Waals surface area (Å²) in [7, 11) is 0. The van der Waals surface area contributed by atoms with E-state index in [2.05, 4.69) is 17.1 Å². The van der Waals surface area contributed by atoms with E-state index in [-0.39, 0.29) is 11.9 Å². The van der Waals surface area contributed by atoms with Gasteiger partial charge in [0, 0.05) is 18.1 Å². The highest BCUT2D eigenvalue weighted by Crippen LogP contribution is 2.34. The van der Waals surface area contributed by atoms with Crippen LogP contribution in [0.15, 0.2) is 24.3 Å². The van der Waals surface area contributed by atoms with Gasteiger partial charge in [0.15, 0.2) is 0 Å². The van der Waals surface area contributed by atoms with Gasteiger partial charge in [-0.1, -0.05) is 37.6 Å². The van der Waals surface area contributed by atoms with E-state index in [9.17, 15) is 9.59 Å². The van der Waals surface area contributed by atoms with Gasteiger partial charge in [0.25, 0.3) is 5.91 Å². The molecule has 0 unspecified atom stereocenters. The van der Waals surface area contributed by atoms with Crippen LogP contribution in [0.25, 0.3) is 0 Å². The maximum atomic E-state index is 13.1. The summed E-state index contributed by atoms with van der Waals surface area (Å²) in [6.07, 6.45) is 2.71. The number of urea groups is 1. The molecule has 24 heavy (non-hydrogen) atoms. The highest BCUT2D eigenvalue weighted by Gasteiger charge is 2.51. The van der Waals surface area contributed by atoms with Crippen LogP contribution >= 0.6 is 11.6 Å². The average Bonchev–Trinajstić information content (AvgIpc) is 2.82. The van der Waals surface area contributed by atoms with Crippen LogP contribution in [0.4, 0.5) is 4.79 Å². The molecule has 2 heterocycles. The number of nitrogens with zero attached hydrogens (tertiary/aromatic N) is 2. The first-order chi connectivity index (χ1) is 11.5. The van der Waals surface area contributed by atoms with Crippen molar-refractivity contribution in [1.29, 1.82) is 0 Å². The molecule has 0 saturated carbocycles. The minimum absolute atomic E-state index is 0.184. The molecule has 5 nitrogen and oxygen atoms in total. The number of hydrogen-bond donors (Lipinski definition) is 1. The van der Waals surface area contributed by atoms with Gasteiger partial charge >= 0.3 is 6.03 Å². The molecule has 2 saturated heterocycles. The monoisotopic (exact) mass is 349 g/mol. The molecule has 0 aliphatic carbocycles. The SMILES string of the molecule is CC[C@@]1(c2cccc(Cl)c2)NC(=O)N(CN2CCC(C)CC2)C1=O. The summed E-state index contributed by atoms with van der Waals surface area (Å²) in [6.45, 7) is 6.36. The van der Waals surface area contributed by atoms with Gasteiger partial charge in [-0.2, -0.15) is 0 Å². The van der Waals surface area contributed by atoms with Gasteiger partial charge in [0.1, 0.15) is 5.54 Å². The van der Waals surface area contributed by atoms with Crippen molar-refractivity contribution in [2.24, 2.45) is 5.92 Å². The molecular weight excluding hydrogens is 326 g/mol. The number of nitrogens with one attached hydrogen (secondary N) is 1. The lowest BCUT2D eigenvalue weighted by Gasteiger charge is -2.32. The van der Waals surface area contributed by atoms with E-state index in [1.54, 1.807) is 12.1 Å². The van der Waals surface area contributed by atoms with Crippen LogP contribution in [0, 0.1) is 5.92 Å². The summed E-state index contributed by atoms with van der Waals surface area (Å²) in [6, 6.07) is 6.86. The number of amides is 3. The van der Waals surface area contributed by atoms with E-state index in [1.807, 2.05) is 19.1 Å². The fourth-order valence-electron chi connectivity index (χ4n) is 3.55. The van der Waals surface area contributed by atoms with Crippen LogP contribution in [0.1, 0.15) is 38.7 Å². The number of carbonyl (C=O) groups is 2. The quantitative estimate of drug-likeness (QED) is 0.849. The molecule has 1 atom stereocenters. The van der Waals surface area contributed by atoms with Gasteiger partial charge < -0.3 is 5.32 Å². The fourth-order valence-corrected chi connectivity index (χ4v) is 3.74. The zero-order chi connectivity index (χ0) is 17.3. The molecule has 0 bridgehead atoms. The molecule has 130 valence electrons. The predicted molar refractivity (Wildman–Crippen MR) is 93.6 cm³/mol. The first-order valence-corrected chi connectivity index (χ1v) is 8.96. The Bertz CT molecular complexity index is 643. The zero-order valence-electron chi connectivity index (χ0n) is 14.2. The van der Waals surface area contributed by atoms with Gasteiger partial charge in [0.05, 0.1) is 6.67 Å². The Kier molecular flexibility index (Phi) is 4.83. The minimum atomic E-state index is -1.01. The van der Waals surface area contributed by atoms with Crippen molar-refractivity contribution in [3.05, 3.63) is 34.9 Å². The van der Waals surface area contributed by atoms with Gasteiger partial charge in [0.2, 0.25) is 0 Å². The van der Waals surface area contributed by atoms with Crippen LogP contribution < -0.4 is 5.32 Å². The molecular formula is C18H24ClN3O2. The zero-order valence-corrected chi connectivity index (χ0v) is 15.0. The Morgan fingerprint density at radius 1 is 1.29 bits per heavy atom. The number of rotatable bonds is 4. The summed E-state index contributed by atoms with van der Waals surface area (Å²) in [5, 5.41) is 3.47. The van der Waals surface area contributed by atoms with Crippen molar-refractivity contribution in [3.8, 4) is 0 Å². The average molecular weight is 350 g/mol. The van der Waals surface area contributed by atoms with E-state index in [1.165, 1.54) is 4.90 Å². The third-order valence-electron chi connectivity index (χ3n) is 5.24. The van der Waals surface area contributed by atoms with Crippen molar-refractivity contribution in [1.82, 2.24) is 15.1 Å². The molecule has 0 spiro atoms. The largest absolute Gasteiger partial charge is 0.326 e. The van der Waals surface area contributed by atoms with Crippen LogP contribution in [-0.4, -0.2) is 41.5 Å². The molecule has 1 aromatic rings. The van der Waals surface area contributed by atoms with Crippen LogP contribution in [0.5, 0.6) is 0 Å². The van der Waals surface area contributed by atoms with E-state index in [0.29, 0.717) is 24.0 Å². The van der Waals surface area contributed by atoms with Crippen molar-refractivity contribution in [2.75, 3.05) is 19.8 Å². The lowest BCUT2D eigenvalue weighted by molar-refractivity contribution is -0.133. The highest BCUT2D eigenvalue weighted by atomic mass is 35.5. The fraction of sp³-hybridized carbons (Fsp3) is 0.556. The Balaban J connectivity index is 1.81. The highest BCUT2D eigenvalue weighted by molar-refractivity contribution is 6.30. The summed E-state index contributed by atoms with van der Waals surface area (Å²) in [5.74, 6) is 0.529. The van der Waals surface area contributed by atoms with Gasteiger partial charge in [-0.05, 0) is 42.9 Å². The Morgan fingerprint density at radius 3 is 2.62 bits per heavy atom. The molecule has 1 N–H and O–H groups in total. The number of benzene rings is 1. The topological polar surface area (TPSA) is 52.7 Å². The van der Waals surface area contributed by atoms with Crippen LogP contribution in [-0.2, 0) is 10.3 Å². The number of carbonyl (C=O) groups excluding carboxylic acids is 2. The van der Waals surface area contributed by atoms with Crippen molar-refractivity contribution in [2.45, 2.75) is 38.6 Å². The maximum Gasteiger partial charge on any atom is 0.326 e. The number of hydrogen-bond acceptors (Lipinski definition) is 3. The van der Waals surface area contributed by atoms with Gasteiger partial charge in [-0.3, -0.25) is 9.69 Å². The first-order valence-electron chi connectivity index (χ1n) is 8.59. The second kappa shape index (κ2) is 6.73. The Hall–Kier alpha value is -1.59. The predicted octanol–water partition coefficient (Wildman–Crippen LogP) is 3.19. The van der Waals surface area contributed by atoms with Gasteiger partial charge in [-0.25, -0.2) is 9.69 Å². The van der Waals surface area contributed by atoms with E-state index >= 15 is 0 Å². The molecule has 3 amide bonds. The molecule has 2 aliphatic rings. The van der Waals surface area contributed by atoms with Crippen molar-refractivity contribution >= 4 is 23.5 Å². The second-order valence-electron chi connectivity index (χ2n) is 6.87. The summed E-state index contributed by atoms with van der Waals surface area (Å²) >= 11 is 6.09. The van der Waals surface area contributed by atoms with Crippen LogP contribution in [0.3, 0.4) is 0 Å². The third kappa shape index (κ3) is 3.03. The van der Waals surface area contributed by atoms with Crippen LogP contribution in [0.2, 0.25) is 5.02 Å². The third-order valence-corrected chi connectivity index (χ3v) is 5.48. The molecule has 0 aromatic heterocycles. The summed E-state index contributed by atoms with van der Waals surface area (Å²) in [4.78, 5) is 29.1. The smallest absolute Gasteiger partial charge is 0.319 e. The van der Waals surface area contributed by atoms with E-state index in [0.717, 1.165) is 31.5 Å². The van der Waals surface area contributed by atoms with E-state index < -0.39 is 5.54 Å². The molecule has 3 rings (SSSR count). The second-order valence-corrected chi connectivity index (χ2v) is 7.31. The molecule has 6 heteroatoms. The minimum Gasteiger partial charge on any atom is -0.319 e. The maximum absolute atomic E-state index is 13.1. The standard InChI is InChI=1S/C18H24ClN3O2/c1-3-18(14-5-4-6-15(19)11-14)16(23)22(17(24)20-18)12-21-9-7-13(2)8-10-21/h4-6,11,13H,3,7-10,12H2,1-2H3,(H,20,24)/t18-/m0/s1. The lowest BCUT2D eigenvalue weighted by Crippen LogP contribution is -2.46. The van der Waals surface area contributed by atoms with Crippen molar-refractivity contribution in [3.63, 3.8) is 0 Å². The summed E-state index contributed by atoms with van der Waals surface area (Å²) < 4.78 is 0. The van der Waals surface area contributed by atoms with E-state index in [4.69, 9.17) is 11.6 Å². The number of piperidine rings is 1. The van der Waals surface area contributed by atoms with Crippen molar-refractivity contribution < 1.29 is 9.59 Å². The normalized spacial score (nSPS) is 26.0. The lowest BCUT2D eigenvalue weighted by atomic mass is 9.87. The Morgan fingerprint density at radius 2 is 2.00 bits per heavy atom. The van der Waals surface area contributed by atoms with Gasteiger partial charge in [-0.15, -0.1) is 0 Å². The molecule has 0 radical (unpaired) electrons. The summed E-state index contributed by atoms with van der Waals surface area (Å²) in [5.41, 5.74) is -0.268. The molecule has 1 aromatic carbocycles. The molecule has 2 aliphatic heterocycles. The molecule has 2 fully saturated rings. The Labute approximate surface area is 147 Å².